The molecule has 0 aliphatic carbocycles. The lowest BCUT2D eigenvalue weighted by Gasteiger charge is -2.19. The minimum Gasteiger partial charge on any atom is -0.338 e. The summed E-state index contributed by atoms with van der Waals surface area (Å²) < 4.78 is 10.3. The second-order valence-electron chi connectivity index (χ2n) is 4.23. The van der Waals surface area contributed by atoms with Crippen molar-refractivity contribution in [3.63, 3.8) is 0 Å². The molecule has 0 aliphatic rings. The van der Waals surface area contributed by atoms with Crippen molar-refractivity contribution in [3.05, 3.63) is 23.4 Å². The predicted octanol–water partition coefficient (Wildman–Crippen LogP) is 1.52. The Balaban J connectivity index is 2.00. The summed E-state index contributed by atoms with van der Waals surface area (Å²) in [4.78, 5) is 10.5. The summed E-state index contributed by atoms with van der Waals surface area (Å²) in [7, 11) is 1.94. The molecule has 0 N–H and O–H groups in total. The highest BCUT2D eigenvalue weighted by atomic mass is 16.5. The number of hydrogen-bond donors (Lipinski definition) is 0. The van der Waals surface area contributed by atoms with Crippen molar-refractivity contribution in [2.75, 3.05) is 7.05 Å². The Labute approximate surface area is 105 Å². The Kier molecular flexibility index (Phi) is 3.71. The fourth-order valence-electron chi connectivity index (χ4n) is 1.52. The van der Waals surface area contributed by atoms with Gasteiger partial charge in [-0.3, -0.25) is 4.90 Å². The minimum absolute atomic E-state index is 0.00294. The average molecular weight is 251 g/mol. The van der Waals surface area contributed by atoms with E-state index in [2.05, 4.69) is 20.3 Å². The highest BCUT2D eigenvalue weighted by molar-refractivity contribution is 4.92. The lowest BCUT2D eigenvalue weighted by molar-refractivity contribution is 0.181. The fourth-order valence-corrected chi connectivity index (χ4v) is 1.52. The summed E-state index contributed by atoms with van der Waals surface area (Å²) in [6.07, 6.45) is 0.769. The molecule has 0 radical (unpaired) electrons. The molecule has 0 saturated carbocycles. The predicted molar refractivity (Wildman–Crippen MR) is 62.6 cm³/mol. The SMILES string of the molecule is CCc1noc(CN(C)C(C)c2nc(C)no2)n1. The van der Waals surface area contributed by atoms with Crippen molar-refractivity contribution in [3.8, 4) is 0 Å². The van der Waals surface area contributed by atoms with Crippen LogP contribution in [0, 0.1) is 6.92 Å². The maximum Gasteiger partial charge on any atom is 0.243 e. The van der Waals surface area contributed by atoms with E-state index in [4.69, 9.17) is 9.05 Å². The molecular formula is C11H17N5O2. The Morgan fingerprint density at radius 2 is 2.00 bits per heavy atom. The second-order valence-corrected chi connectivity index (χ2v) is 4.23. The Hall–Kier alpha value is -1.76. The zero-order chi connectivity index (χ0) is 13.1. The van der Waals surface area contributed by atoms with Crippen LogP contribution in [-0.4, -0.2) is 32.2 Å². The molecule has 2 rings (SSSR count). The van der Waals surface area contributed by atoms with E-state index in [1.165, 1.54) is 0 Å². The van der Waals surface area contributed by atoms with Crippen molar-refractivity contribution in [2.45, 2.75) is 39.8 Å². The Morgan fingerprint density at radius 3 is 2.56 bits per heavy atom. The van der Waals surface area contributed by atoms with Crippen LogP contribution in [0.25, 0.3) is 0 Å². The largest absolute Gasteiger partial charge is 0.338 e. The van der Waals surface area contributed by atoms with Gasteiger partial charge in [-0.25, -0.2) is 0 Å². The van der Waals surface area contributed by atoms with Gasteiger partial charge < -0.3 is 9.05 Å². The first kappa shape index (κ1) is 12.7. The summed E-state index contributed by atoms with van der Waals surface area (Å²) in [6.45, 7) is 6.33. The molecule has 98 valence electrons. The molecule has 2 aromatic rings. The summed E-state index contributed by atoms with van der Waals surface area (Å²) in [5, 5.41) is 7.64. The Morgan fingerprint density at radius 1 is 1.22 bits per heavy atom. The van der Waals surface area contributed by atoms with E-state index in [1.54, 1.807) is 6.92 Å². The molecule has 0 aromatic carbocycles. The van der Waals surface area contributed by atoms with Gasteiger partial charge in [0.2, 0.25) is 11.8 Å². The molecule has 18 heavy (non-hydrogen) atoms. The normalized spacial score (nSPS) is 13.2. The third-order valence-electron chi connectivity index (χ3n) is 2.77. The third-order valence-corrected chi connectivity index (χ3v) is 2.77. The van der Waals surface area contributed by atoms with Crippen LogP contribution in [0.1, 0.15) is 43.3 Å². The summed E-state index contributed by atoms with van der Waals surface area (Å²) >= 11 is 0. The van der Waals surface area contributed by atoms with Gasteiger partial charge in [-0.05, 0) is 20.9 Å². The van der Waals surface area contributed by atoms with E-state index >= 15 is 0 Å². The van der Waals surface area contributed by atoms with Crippen LogP contribution in [0.2, 0.25) is 0 Å². The minimum atomic E-state index is 0.00294. The molecule has 1 unspecified atom stereocenters. The molecule has 0 saturated heterocycles. The van der Waals surface area contributed by atoms with E-state index < -0.39 is 0 Å². The van der Waals surface area contributed by atoms with E-state index in [-0.39, 0.29) is 6.04 Å². The molecule has 0 bridgehead atoms. The van der Waals surface area contributed by atoms with Gasteiger partial charge in [0.05, 0.1) is 12.6 Å². The molecule has 0 spiro atoms. The highest BCUT2D eigenvalue weighted by Crippen LogP contribution is 2.18. The molecule has 7 heteroatoms. The van der Waals surface area contributed by atoms with Gasteiger partial charge in [0.15, 0.2) is 11.6 Å². The van der Waals surface area contributed by atoms with Crippen LogP contribution in [-0.2, 0) is 13.0 Å². The van der Waals surface area contributed by atoms with Gasteiger partial charge in [-0.1, -0.05) is 17.2 Å². The zero-order valence-corrected chi connectivity index (χ0v) is 11.0. The second kappa shape index (κ2) is 5.26. The summed E-state index contributed by atoms with van der Waals surface area (Å²) in [5.41, 5.74) is 0. The first-order valence-electron chi connectivity index (χ1n) is 5.92. The molecule has 0 amide bonds. The van der Waals surface area contributed by atoms with Crippen LogP contribution in [0.4, 0.5) is 0 Å². The monoisotopic (exact) mass is 251 g/mol. The molecule has 1 atom stereocenters. The molecule has 2 aromatic heterocycles. The van der Waals surface area contributed by atoms with E-state index in [9.17, 15) is 0 Å². The van der Waals surface area contributed by atoms with Crippen molar-refractivity contribution >= 4 is 0 Å². The summed E-state index contributed by atoms with van der Waals surface area (Å²) in [6, 6.07) is 0.00294. The topological polar surface area (TPSA) is 81.1 Å². The van der Waals surface area contributed by atoms with Gasteiger partial charge in [0, 0.05) is 6.42 Å². The number of aromatic nitrogens is 4. The molecule has 0 fully saturated rings. The van der Waals surface area contributed by atoms with Crippen LogP contribution >= 0.6 is 0 Å². The fraction of sp³-hybridized carbons (Fsp3) is 0.636. The third kappa shape index (κ3) is 2.73. The summed E-state index contributed by atoms with van der Waals surface area (Å²) in [5.74, 6) is 2.54. The van der Waals surface area contributed by atoms with E-state index in [1.807, 2.05) is 25.8 Å². The van der Waals surface area contributed by atoms with Gasteiger partial charge in [0.25, 0.3) is 0 Å². The first-order valence-corrected chi connectivity index (χ1v) is 5.92. The van der Waals surface area contributed by atoms with Crippen LogP contribution in [0.5, 0.6) is 0 Å². The number of aryl methyl sites for hydroxylation is 2. The highest BCUT2D eigenvalue weighted by Gasteiger charge is 2.20. The van der Waals surface area contributed by atoms with Gasteiger partial charge in [-0.2, -0.15) is 9.97 Å². The van der Waals surface area contributed by atoms with Crippen molar-refractivity contribution < 1.29 is 9.05 Å². The maximum absolute atomic E-state index is 5.15. The van der Waals surface area contributed by atoms with Crippen LogP contribution in [0.3, 0.4) is 0 Å². The van der Waals surface area contributed by atoms with Gasteiger partial charge in [0.1, 0.15) is 0 Å². The van der Waals surface area contributed by atoms with Crippen LogP contribution < -0.4 is 0 Å². The standard InChI is InChI=1S/C11H17N5O2/c1-5-9-13-10(17-15-9)6-16(4)7(2)11-12-8(3)14-18-11/h7H,5-6H2,1-4H3. The van der Waals surface area contributed by atoms with Crippen molar-refractivity contribution in [1.29, 1.82) is 0 Å². The van der Waals surface area contributed by atoms with Gasteiger partial charge >= 0.3 is 0 Å². The van der Waals surface area contributed by atoms with Gasteiger partial charge in [-0.15, -0.1) is 0 Å². The molecule has 2 heterocycles. The quantitative estimate of drug-likeness (QED) is 0.796. The van der Waals surface area contributed by atoms with E-state index in [0.717, 1.165) is 12.2 Å². The zero-order valence-electron chi connectivity index (χ0n) is 11.0. The first-order chi connectivity index (χ1) is 8.60. The van der Waals surface area contributed by atoms with Crippen molar-refractivity contribution in [1.82, 2.24) is 25.2 Å². The number of rotatable bonds is 5. The Bertz CT molecular complexity index is 507. The van der Waals surface area contributed by atoms with Crippen molar-refractivity contribution in [2.24, 2.45) is 0 Å². The van der Waals surface area contributed by atoms with Crippen LogP contribution in [0.15, 0.2) is 9.05 Å². The number of nitrogens with zero attached hydrogens (tertiary/aromatic N) is 5. The van der Waals surface area contributed by atoms with E-state index in [0.29, 0.717) is 24.2 Å². The molecule has 0 aliphatic heterocycles. The molecular weight excluding hydrogens is 234 g/mol. The smallest absolute Gasteiger partial charge is 0.243 e. The lowest BCUT2D eigenvalue weighted by Crippen LogP contribution is -2.22. The maximum atomic E-state index is 5.15. The number of hydrogen-bond acceptors (Lipinski definition) is 7. The lowest BCUT2D eigenvalue weighted by atomic mass is 10.3. The molecule has 7 nitrogen and oxygen atoms in total. The average Bonchev–Trinajstić information content (AvgIpc) is 2.97.